The van der Waals surface area contributed by atoms with Gasteiger partial charge in [0.2, 0.25) is 0 Å². The quantitative estimate of drug-likeness (QED) is 0.456. The molecule has 0 saturated carbocycles. The van der Waals surface area contributed by atoms with Crippen molar-refractivity contribution in [2.24, 2.45) is 0 Å². The van der Waals surface area contributed by atoms with Crippen LogP contribution in [0.5, 0.6) is 0 Å². The van der Waals surface area contributed by atoms with Crippen molar-refractivity contribution in [3.63, 3.8) is 0 Å². The van der Waals surface area contributed by atoms with Crippen molar-refractivity contribution < 1.29 is 5.11 Å². The van der Waals surface area contributed by atoms with E-state index >= 15 is 0 Å². The summed E-state index contributed by atoms with van der Waals surface area (Å²) in [4.78, 5) is 0. The van der Waals surface area contributed by atoms with E-state index in [4.69, 9.17) is 0 Å². The molecule has 1 nitrogen and oxygen atoms in total. The van der Waals surface area contributed by atoms with Crippen LogP contribution >= 0.6 is 0 Å². The zero-order valence-corrected chi connectivity index (χ0v) is 16.0. The Hall–Kier alpha value is -3.16. The van der Waals surface area contributed by atoms with Crippen LogP contribution in [0.4, 0.5) is 0 Å². The summed E-state index contributed by atoms with van der Waals surface area (Å²) in [5.74, 6) is -0.236. The maximum Gasteiger partial charge on any atom is 0.125 e. The lowest BCUT2D eigenvalue weighted by molar-refractivity contribution is 0.0625. The Bertz CT molecular complexity index is 969. The molecule has 0 fully saturated rings. The first-order valence-corrected chi connectivity index (χ1v) is 9.64. The zero-order chi connectivity index (χ0) is 19.4. The molecular weight excluding hydrogens is 340 g/mol. The molecule has 1 atom stereocenters. The summed E-state index contributed by atoms with van der Waals surface area (Å²) in [5.41, 5.74) is 3.92. The van der Waals surface area contributed by atoms with Gasteiger partial charge < -0.3 is 5.11 Å². The largest absolute Gasteiger partial charge is 0.379 e. The van der Waals surface area contributed by atoms with Crippen LogP contribution in [-0.4, -0.2) is 5.11 Å². The lowest BCUT2D eigenvalue weighted by Crippen LogP contribution is -2.35. The van der Waals surface area contributed by atoms with E-state index in [2.05, 4.69) is 43.3 Å². The van der Waals surface area contributed by atoms with Gasteiger partial charge in [-0.05, 0) is 29.2 Å². The third-order valence-electron chi connectivity index (χ3n) is 5.39. The minimum atomic E-state index is -1.20. The van der Waals surface area contributed by atoms with E-state index in [0.29, 0.717) is 0 Å². The molecular formula is C27H24O. The number of aliphatic hydroxyl groups is 1. The molecule has 0 spiro atoms. The number of rotatable bonds is 5. The van der Waals surface area contributed by atoms with Gasteiger partial charge in [-0.2, -0.15) is 0 Å². The number of benzene rings is 4. The monoisotopic (exact) mass is 364 g/mol. The molecule has 0 aliphatic heterocycles. The van der Waals surface area contributed by atoms with Crippen LogP contribution < -0.4 is 0 Å². The Kier molecular flexibility index (Phi) is 5.10. The fraction of sp³-hybridized carbons (Fsp3) is 0.111. The average Bonchev–Trinajstić information content (AvgIpc) is 2.76. The van der Waals surface area contributed by atoms with E-state index in [-0.39, 0.29) is 5.92 Å². The third kappa shape index (κ3) is 3.37. The van der Waals surface area contributed by atoms with Gasteiger partial charge in [-0.1, -0.05) is 121 Å². The van der Waals surface area contributed by atoms with Crippen molar-refractivity contribution in [1.82, 2.24) is 0 Å². The molecule has 1 heteroatoms. The molecule has 4 aromatic carbocycles. The highest BCUT2D eigenvalue weighted by Gasteiger charge is 2.42. The topological polar surface area (TPSA) is 20.2 Å². The minimum absolute atomic E-state index is 0.236. The molecule has 0 aliphatic carbocycles. The highest BCUT2D eigenvalue weighted by molar-refractivity contribution is 5.47. The molecule has 0 radical (unpaired) electrons. The molecule has 0 unspecified atom stereocenters. The van der Waals surface area contributed by atoms with Crippen LogP contribution in [-0.2, 0) is 5.60 Å². The molecule has 0 aromatic heterocycles. The Morgan fingerprint density at radius 3 is 1.39 bits per heavy atom. The maximum absolute atomic E-state index is 12.4. The molecule has 4 aromatic rings. The Balaban J connectivity index is 2.01. The summed E-state index contributed by atoms with van der Waals surface area (Å²) < 4.78 is 0. The minimum Gasteiger partial charge on any atom is -0.379 e. The van der Waals surface area contributed by atoms with E-state index in [1.54, 1.807) is 0 Å². The van der Waals surface area contributed by atoms with Crippen LogP contribution in [0.3, 0.4) is 0 Å². The van der Waals surface area contributed by atoms with Crippen molar-refractivity contribution in [1.29, 1.82) is 0 Å². The van der Waals surface area contributed by atoms with E-state index in [1.807, 2.05) is 78.9 Å². The van der Waals surface area contributed by atoms with Gasteiger partial charge >= 0.3 is 0 Å². The summed E-state index contributed by atoms with van der Waals surface area (Å²) in [6.07, 6.45) is 0. The van der Waals surface area contributed by atoms with Gasteiger partial charge in [0.25, 0.3) is 0 Å². The number of aryl methyl sites for hydroxylation is 1. The highest BCUT2D eigenvalue weighted by atomic mass is 16.3. The van der Waals surface area contributed by atoms with E-state index < -0.39 is 5.60 Å². The van der Waals surface area contributed by atoms with Gasteiger partial charge in [0, 0.05) is 5.92 Å². The SMILES string of the molecule is Cc1ccc([C@](O)(c2ccccc2)C(c2ccccc2)c2ccccc2)cc1. The Labute approximate surface area is 166 Å². The Morgan fingerprint density at radius 2 is 0.929 bits per heavy atom. The second-order valence-electron chi connectivity index (χ2n) is 7.25. The standard InChI is InChI=1S/C27H24O/c1-21-17-19-25(20-18-21)27(28,24-15-9-4-10-16-24)26(22-11-5-2-6-12-22)23-13-7-3-8-14-23/h2-20,26,28H,1H3/t27-/m1/s1. The van der Waals surface area contributed by atoms with E-state index in [1.165, 1.54) is 5.56 Å². The van der Waals surface area contributed by atoms with Crippen molar-refractivity contribution in [2.45, 2.75) is 18.4 Å². The van der Waals surface area contributed by atoms with Gasteiger partial charge in [0.1, 0.15) is 5.60 Å². The third-order valence-corrected chi connectivity index (χ3v) is 5.39. The molecule has 4 rings (SSSR count). The van der Waals surface area contributed by atoms with Gasteiger partial charge in [0.05, 0.1) is 0 Å². The molecule has 138 valence electrons. The Morgan fingerprint density at radius 1 is 0.536 bits per heavy atom. The summed E-state index contributed by atoms with van der Waals surface area (Å²) >= 11 is 0. The van der Waals surface area contributed by atoms with E-state index in [9.17, 15) is 5.11 Å². The van der Waals surface area contributed by atoms with Crippen molar-refractivity contribution in [3.8, 4) is 0 Å². The lowest BCUT2D eigenvalue weighted by atomic mass is 9.70. The van der Waals surface area contributed by atoms with Crippen LogP contribution in [0.15, 0.2) is 115 Å². The van der Waals surface area contributed by atoms with Gasteiger partial charge in [0.15, 0.2) is 0 Å². The molecule has 1 N–H and O–H groups in total. The molecule has 0 bridgehead atoms. The fourth-order valence-corrected chi connectivity index (χ4v) is 3.97. The molecule has 0 heterocycles. The second kappa shape index (κ2) is 7.84. The molecule has 0 saturated heterocycles. The molecule has 0 amide bonds. The maximum atomic E-state index is 12.4. The van der Waals surface area contributed by atoms with Gasteiger partial charge in [-0.15, -0.1) is 0 Å². The molecule has 0 aliphatic rings. The van der Waals surface area contributed by atoms with Crippen LogP contribution in [0.2, 0.25) is 0 Å². The van der Waals surface area contributed by atoms with E-state index in [0.717, 1.165) is 22.3 Å². The molecule has 28 heavy (non-hydrogen) atoms. The summed E-state index contributed by atoms with van der Waals surface area (Å²) in [5, 5.41) is 12.4. The van der Waals surface area contributed by atoms with Gasteiger partial charge in [-0.3, -0.25) is 0 Å². The lowest BCUT2D eigenvalue weighted by Gasteiger charge is -2.38. The summed E-state index contributed by atoms with van der Waals surface area (Å²) in [6.45, 7) is 2.07. The first-order valence-electron chi connectivity index (χ1n) is 9.64. The predicted molar refractivity (Wildman–Crippen MR) is 115 cm³/mol. The smallest absolute Gasteiger partial charge is 0.125 e. The highest BCUT2D eigenvalue weighted by Crippen LogP contribution is 2.46. The predicted octanol–water partition coefficient (Wildman–Crippen LogP) is 6.06. The first kappa shape index (κ1) is 18.2. The van der Waals surface area contributed by atoms with Crippen LogP contribution in [0.1, 0.15) is 33.7 Å². The fourth-order valence-electron chi connectivity index (χ4n) is 3.97. The van der Waals surface area contributed by atoms with Crippen LogP contribution in [0.25, 0.3) is 0 Å². The van der Waals surface area contributed by atoms with Crippen molar-refractivity contribution in [2.75, 3.05) is 0 Å². The van der Waals surface area contributed by atoms with Crippen molar-refractivity contribution >= 4 is 0 Å². The summed E-state index contributed by atoms with van der Waals surface area (Å²) in [7, 11) is 0. The van der Waals surface area contributed by atoms with Crippen LogP contribution in [0, 0.1) is 6.92 Å². The average molecular weight is 364 g/mol. The normalized spacial score (nSPS) is 13.2. The zero-order valence-electron chi connectivity index (χ0n) is 16.0. The summed E-state index contributed by atoms with van der Waals surface area (Å²) in [6, 6.07) is 38.8. The second-order valence-corrected chi connectivity index (χ2v) is 7.25. The first-order chi connectivity index (χ1) is 13.7. The van der Waals surface area contributed by atoms with Gasteiger partial charge in [-0.25, -0.2) is 0 Å². The number of hydrogen-bond donors (Lipinski definition) is 1. The number of hydrogen-bond acceptors (Lipinski definition) is 1. The van der Waals surface area contributed by atoms with Crippen molar-refractivity contribution in [3.05, 3.63) is 143 Å².